The SMILES string of the molecule is CNCC1=C(c2ccc3cc(F)ccc3c2)[C@H]2CC[C@@H](C1)C2. The lowest BCUT2D eigenvalue weighted by atomic mass is 9.79. The molecule has 2 aromatic carbocycles. The molecule has 2 atom stereocenters. The third-order valence-electron chi connectivity index (χ3n) is 5.37. The predicted octanol–water partition coefficient (Wildman–Crippen LogP) is 4.77. The highest BCUT2D eigenvalue weighted by molar-refractivity contribution is 5.87. The van der Waals surface area contributed by atoms with E-state index in [4.69, 9.17) is 0 Å². The molecule has 0 heterocycles. The summed E-state index contributed by atoms with van der Waals surface area (Å²) in [6, 6.07) is 11.6. The third-order valence-corrected chi connectivity index (χ3v) is 5.37. The Bertz CT molecular complexity index is 746. The zero-order chi connectivity index (χ0) is 15.1. The molecule has 0 unspecified atom stereocenters. The number of rotatable bonds is 3. The van der Waals surface area contributed by atoms with Crippen LogP contribution >= 0.6 is 0 Å². The number of halogens is 1. The molecule has 2 aromatic rings. The van der Waals surface area contributed by atoms with Gasteiger partial charge in [-0.1, -0.05) is 23.8 Å². The maximum atomic E-state index is 13.4. The van der Waals surface area contributed by atoms with E-state index in [-0.39, 0.29) is 5.82 Å². The van der Waals surface area contributed by atoms with Crippen molar-refractivity contribution in [3.8, 4) is 0 Å². The van der Waals surface area contributed by atoms with Gasteiger partial charge in [-0.15, -0.1) is 0 Å². The summed E-state index contributed by atoms with van der Waals surface area (Å²) in [6.07, 6.45) is 5.30. The second kappa shape index (κ2) is 5.51. The van der Waals surface area contributed by atoms with E-state index in [2.05, 4.69) is 23.5 Å². The van der Waals surface area contributed by atoms with Gasteiger partial charge < -0.3 is 5.32 Å². The minimum Gasteiger partial charge on any atom is -0.316 e. The Morgan fingerprint density at radius 2 is 1.91 bits per heavy atom. The molecule has 2 aliphatic carbocycles. The highest BCUT2D eigenvalue weighted by atomic mass is 19.1. The number of hydrogen-bond donors (Lipinski definition) is 1. The van der Waals surface area contributed by atoms with Crippen LogP contribution in [0.5, 0.6) is 0 Å². The Kier molecular flexibility index (Phi) is 3.50. The molecule has 2 bridgehead atoms. The van der Waals surface area contributed by atoms with Crippen molar-refractivity contribution in [3.63, 3.8) is 0 Å². The molecule has 4 rings (SSSR count). The molecule has 22 heavy (non-hydrogen) atoms. The molecule has 0 aromatic heterocycles. The first-order valence-electron chi connectivity index (χ1n) is 8.31. The summed E-state index contributed by atoms with van der Waals surface area (Å²) in [5.41, 5.74) is 4.49. The summed E-state index contributed by atoms with van der Waals surface area (Å²) in [5.74, 6) is 1.46. The van der Waals surface area contributed by atoms with E-state index >= 15 is 0 Å². The summed E-state index contributed by atoms with van der Waals surface area (Å²) >= 11 is 0. The minimum absolute atomic E-state index is 0.161. The topological polar surface area (TPSA) is 12.0 Å². The van der Waals surface area contributed by atoms with Crippen LogP contribution in [0, 0.1) is 17.7 Å². The van der Waals surface area contributed by atoms with Crippen LogP contribution in [0.4, 0.5) is 4.39 Å². The van der Waals surface area contributed by atoms with Crippen molar-refractivity contribution in [1.29, 1.82) is 0 Å². The smallest absolute Gasteiger partial charge is 0.123 e. The van der Waals surface area contributed by atoms with Gasteiger partial charge in [0, 0.05) is 6.54 Å². The second-order valence-corrected chi connectivity index (χ2v) is 6.83. The quantitative estimate of drug-likeness (QED) is 0.860. The van der Waals surface area contributed by atoms with E-state index in [1.807, 2.05) is 13.1 Å². The number of benzene rings is 2. The third kappa shape index (κ3) is 2.36. The molecule has 0 amide bonds. The molecule has 1 saturated carbocycles. The maximum Gasteiger partial charge on any atom is 0.123 e. The van der Waals surface area contributed by atoms with Crippen LogP contribution in [0.2, 0.25) is 0 Å². The molecule has 1 N–H and O–H groups in total. The largest absolute Gasteiger partial charge is 0.316 e. The predicted molar refractivity (Wildman–Crippen MR) is 90.2 cm³/mol. The van der Waals surface area contributed by atoms with E-state index in [9.17, 15) is 4.39 Å². The minimum atomic E-state index is -0.161. The molecular formula is C20H22FN. The van der Waals surface area contributed by atoms with Gasteiger partial charge in [-0.2, -0.15) is 0 Å². The van der Waals surface area contributed by atoms with Crippen molar-refractivity contribution in [2.75, 3.05) is 13.6 Å². The highest BCUT2D eigenvalue weighted by Gasteiger charge is 2.34. The molecular weight excluding hydrogens is 273 g/mol. The summed E-state index contributed by atoms with van der Waals surface area (Å²) in [4.78, 5) is 0. The lowest BCUT2D eigenvalue weighted by molar-refractivity contribution is 0.502. The van der Waals surface area contributed by atoms with Gasteiger partial charge in [-0.25, -0.2) is 4.39 Å². The van der Waals surface area contributed by atoms with Gasteiger partial charge in [0.2, 0.25) is 0 Å². The number of hydrogen-bond acceptors (Lipinski definition) is 1. The van der Waals surface area contributed by atoms with E-state index in [0.29, 0.717) is 0 Å². The van der Waals surface area contributed by atoms with Crippen LogP contribution in [-0.4, -0.2) is 13.6 Å². The van der Waals surface area contributed by atoms with Gasteiger partial charge in [0.05, 0.1) is 0 Å². The Labute approximate surface area is 131 Å². The average Bonchev–Trinajstić information content (AvgIpc) is 2.89. The summed E-state index contributed by atoms with van der Waals surface area (Å²) in [7, 11) is 2.03. The standard InChI is InChI=1S/C20H22FN/c1-22-12-18-9-13-2-3-16(8-13)20(18)17-5-4-15-11-19(21)7-6-14(15)10-17/h4-7,10-11,13,16,22H,2-3,8-9,12H2,1H3/t13-,16+/m1/s1. The van der Waals surface area contributed by atoms with Gasteiger partial charge >= 0.3 is 0 Å². The number of nitrogens with one attached hydrogen (secondary N) is 1. The van der Waals surface area contributed by atoms with E-state index in [1.54, 1.807) is 23.3 Å². The van der Waals surface area contributed by atoms with Crippen LogP contribution in [0.3, 0.4) is 0 Å². The maximum absolute atomic E-state index is 13.4. The molecule has 0 saturated heterocycles. The number of fused-ring (bicyclic) bond motifs is 3. The summed E-state index contributed by atoms with van der Waals surface area (Å²) < 4.78 is 13.4. The lowest BCUT2D eigenvalue weighted by Crippen LogP contribution is -2.19. The fourth-order valence-corrected chi connectivity index (χ4v) is 4.47. The first-order valence-corrected chi connectivity index (χ1v) is 8.31. The van der Waals surface area contributed by atoms with Crippen LogP contribution in [0.1, 0.15) is 31.2 Å². The Balaban J connectivity index is 1.82. The molecule has 1 nitrogen and oxygen atoms in total. The second-order valence-electron chi connectivity index (χ2n) is 6.83. The monoisotopic (exact) mass is 295 g/mol. The van der Waals surface area contributed by atoms with Gasteiger partial charge in [0.25, 0.3) is 0 Å². The molecule has 0 aliphatic heterocycles. The van der Waals surface area contributed by atoms with Crippen LogP contribution in [0.15, 0.2) is 42.0 Å². The number of allylic oxidation sites excluding steroid dienone is 1. The average molecular weight is 295 g/mol. The number of likely N-dealkylation sites (N-methyl/N-ethyl adjacent to an activating group) is 1. The van der Waals surface area contributed by atoms with Gasteiger partial charge in [0.1, 0.15) is 5.82 Å². The Hall–Kier alpha value is -1.67. The zero-order valence-electron chi connectivity index (χ0n) is 13.0. The van der Waals surface area contributed by atoms with Gasteiger partial charge in [-0.3, -0.25) is 0 Å². The first kappa shape index (κ1) is 14.0. The van der Waals surface area contributed by atoms with Crippen LogP contribution in [-0.2, 0) is 0 Å². The normalized spacial score (nSPS) is 24.3. The fraction of sp³-hybridized carbons (Fsp3) is 0.400. The zero-order valence-corrected chi connectivity index (χ0v) is 13.0. The van der Waals surface area contributed by atoms with Crippen LogP contribution < -0.4 is 5.32 Å². The lowest BCUT2D eigenvalue weighted by Gasteiger charge is -2.27. The van der Waals surface area contributed by atoms with Crippen molar-refractivity contribution >= 4 is 16.3 Å². The molecule has 1 fully saturated rings. The van der Waals surface area contributed by atoms with E-state index < -0.39 is 0 Å². The first-order chi connectivity index (χ1) is 10.7. The summed E-state index contributed by atoms with van der Waals surface area (Å²) in [5, 5.41) is 5.46. The van der Waals surface area contributed by atoms with Crippen LogP contribution in [0.25, 0.3) is 16.3 Å². The molecule has 2 heteroatoms. The van der Waals surface area contributed by atoms with Crippen molar-refractivity contribution in [2.45, 2.75) is 25.7 Å². The van der Waals surface area contributed by atoms with Crippen molar-refractivity contribution in [3.05, 3.63) is 53.4 Å². The Morgan fingerprint density at radius 3 is 2.77 bits per heavy atom. The Morgan fingerprint density at radius 1 is 1.09 bits per heavy atom. The van der Waals surface area contributed by atoms with Crippen molar-refractivity contribution < 1.29 is 4.39 Å². The van der Waals surface area contributed by atoms with Gasteiger partial charge in [-0.05, 0) is 84.7 Å². The summed E-state index contributed by atoms with van der Waals surface area (Å²) in [6.45, 7) is 0.990. The van der Waals surface area contributed by atoms with Gasteiger partial charge in [0.15, 0.2) is 0 Å². The molecule has 114 valence electrons. The molecule has 0 spiro atoms. The molecule has 0 radical (unpaired) electrons. The molecule has 2 aliphatic rings. The van der Waals surface area contributed by atoms with Crippen molar-refractivity contribution in [1.82, 2.24) is 5.32 Å². The highest BCUT2D eigenvalue weighted by Crippen LogP contribution is 2.49. The van der Waals surface area contributed by atoms with Crippen molar-refractivity contribution in [2.24, 2.45) is 11.8 Å². The van der Waals surface area contributed by atoms with E-state index in [0.717, 1.165) is 29.2 Å². The fourth-order valence-electron chi connectivity index (χ4n) is 4.47. The van der Waals surface area contributed by atoms with E-state index in [1.165, 1.54) is 31.2 Å².